The maximum Gasteiger partial charge on any atom is 0.315 e. The van der Waals surface area contributed by atoms with Gasteiger partial charge in [0.15, 0.2) is 11.6 Å². The van der Waals surface area contributed by atoms with Crippen molar-refractivity contribution in [1.82, 2.24) is 14.9 Å². The van der Waals surface area contributed by atoms with Gasteiger partial charge in [-0.2, -0.15) is 14.9 Å². The van der Waals surface area contributed by atoms with Crippen LogP contribution in [0.5, 0.6) is 11.5 Å². The molecular weight excluding hydrogens is 414 g/mol. The number of nitro benzene ring substituents is 1. The molecule has 0 atom stereocenters. The van der Waals surface area contributed by atoms with Crippen LogP contribution in [-0.4, -0.2) is 39.7 Å². The largest absolute Gasteiger partial charge is 0.493 e. The molecule has 1 aromatic carbocycles. The van der Waals surface area contributed by atoms with E-state index in [2.05, 4.69) is 15.3 Å². The highest BCUT2D eigenvalue weighted by atomic mass is 32.1. The highest BCUT2D eigenvalue weighted by Gasteiger charge is 2.22. The van der Waals surface area contributed by atoms with E-state index in [4.69, 9.17) is 21.7 Å². The van der Waals surface area contributed by atoms with E-state index >= 15 is 0 Å². The normalized spacial score (nSPS) is 11.1. The van der Waals surface area contributed by atoms with Crippen LogP contribution in [0.25, 0.3) is 0 Å². The summed E-state index contributed by atoms with van der Waals surface area (Å²) in [7, 11) is 1.43. The second kappa shape index (κ2) is 9.43. The zero-order chi connectivity index (χ0) is 20.8. The monoisotopic (exact) mass is 433 g/mol. The lowest BCUT2D eigenvalue weighted by Gasteiger charge is -2.11. The maximum atomic E-state index is 11.5. The van der Waals surface area contributed by atoms with Gasteiger partial charge in [0.2, 0.25) is 10.5 Å². The standard InChI is InChI=1S/C18H19N5O4S2/c1-3-6-27-17-14(23(24)25)8-12(9-15(17)26-2)11-19-22-16(20-21-18(22)28)10-13-5-4-7-29-13/h4-5,7-9,11H,3,6,10H2,1-2H3,(H,21,28)/b19-11-. The highest BCUT2D eigenvalue weighted by molar-refractivity contribution is 7.71. The van der Waals surface area contributed by atoms with Crippen molar-refractivity contribution in [3.8, 4) is 11.5 Å². The number of hydrogen-bond donors (Lipinski definition) is 1. The summed E-state index contributed by atoms with van der Waals surface area (Å²) in [4.78, 5) is 12.1. The molecule has 3 aromatic rings. The number of aromatic nitrogens is 3. The predicted molar refractivity (Wildman–Crippen MR) is 113 cm³/mol. The molecule has 0 fully saturated rings. The molecule has 0 amide bonds. The molecule has 2 aromatic heterocycles. The second-order valence-electron chi connectivity index (χ2n) is 5.93. The summed E-state index contributed by atoms with van der Waals surface area (Å²) >= 11 is 6.86. The average Bonchev–Trinajstić information content (AvgIpc) is 3.34. The minimum Gasteiger partial charge on any atom is -0.493 e. The third kappa shape index (κ3) is 4.87. The Labute approximate surface area is 175 Å². The number of hydrogen-bond acceptors (Lipinski definition) is 8. The number of ether oxygens (including phenoxy) is 2. The van der Waals surface area contributed by atoms with Gasteiger partial charge >= 0.3 is 5.69 Å². The molecule has 0 aliphatic carbocycles. The molecule has 1 N–H and O–H groups in total. The Bertz CT molecular complexity index is 1070. The first-order valence-electron chi connectivity index (χ1n) is 8.75. The molecule has 9 nitrogen and oxygen atoms in total. The summed E-state index contributed by atoms with van der Waals surface area (Å²) in [5.41, 5.74) is 0.288. The van der Waals surface area contributed by atoms with Crippen LogP contribution in [0.15, 0.2) is 34.7 Å². The van der Waals surface area contributed by atoms with Gasteiger partial charge in [-0.05, 0) is 36.2 Å². The molecule has 0 unspecified atom stereocenters. The first kappa shape index (κ1) is 20.7. The van der Waals surface area contributed by atoms with E-state index in [1.54, 1.807) is 17.4 Å². The number of rotatable bonds is 9. The fourth-order valence-corrected chi connectivity index (χ4v) is 3.47. The van der Waals surface area contributed by atoms with E-state index in [1.165, 1.54) is 24.1 Å². The molecule has 0 spiro atoms. The molecule has 3 rings (SSSR count). The molecule has 2 heterocycles. The van der Waals surface area contributed by atoms with Gasteiger partial charge in [-0.1, -0.05) is 13.0 Å². The smallest absolute Gasteiger partial charge is 0.315 e. The van der Waals surface area contributed by atoms with Gasteiger partial charge in [0, 0.05) is 22.9 Å². The zero-order valence-electron chi connectivity index (χ0n) is 15.8. The van der Waals surface area contributed by atoms with E-state index in [-0.39, 0.29) is 17.2 Å². The van der Waals surface area contributed by atoms with Crippen molar-refractivity contribution in [2.75, 3.05) is 13.7 Å². The van der Waals surface area contributed by atoms with Gasteiger partial charge in [0.1, 0.15) is 0 Å². The van der Waals surface area contributed by atoms with Gasteiger partial charge in [-0.15, -0.1) is 11.3 Å². The Morgan fingerprint density at radius 1 is 1.48 bits per heavy atom. The SMILES string of the molecule is CCCOc1c(OC)cc(/C=N\n2c(Cc3cccs3)n[nH]c2=S)cc1[N+](=O)[O-]. The molecule has 0 radical (unpaired) electrons. The molecule has 0 saturated carbocycles. The Hall–Kier alpha value is -3.05. The molecule has 0 aliphatic rings. The molecule has 11 heteroatoms. The number of benzene rings is 1. The van der Waals surface area contributed by atoms with Crippen LogP contribution in [0.1, 0.15) is 29.6 Å². The lowest BCUT2D eigenvalue weighted by Crippen LogP contribution is -2.03. The van der Waals surface area contributed by atoms with Crippen LogP contribution in [0.3, 0.4) is 0 Å². The molecular formula is C18H19N5O4S2. The Morgan fingerprint density at radius 2 is 2.31 bits per heavy atom. The molecule has 29 heavy (non-hydrogen) atoms. The average molecular weight is 434 g/mol. The zero-order valence-corrected chi connectivity index (χ0v) is 17.5. The molecule has 0 aliphatic heterocycles. The quantitative estimate of drug-likeness (QED) is 0.235. The van der Waals surface area contributed by atoms with E-state index in [0.29, 0.717) is 29.2 Å². The third-order valence-electron chi connectivity index (χ3n) is 3.88. The van der Waals surface area contributed by atoms with Crippen molar-refractivity contribution in [3.05, 3.63) is 60.8 Å². The minimum atomic E-state index is -0.503. The van der Waals surface area contributed by atoms with Gasteiger partial charge in [0.05, 0.1) is 24.9 Å². The Morgan fingerprint density at radius 3 is 2.97 bits per heavy atom. The van der Waals surface area contributed by atoms with Crippen LogP contribution in [0, 0.1) is 14.9 Å². The molecule has 0 saturated heterocycles. The van der Waals surface area contributed by atoms with Crippen molar-refractivity contribution >= 4 is 35.5 Å². The molecule has 0 bridgehead atoms. The highest BCUT2D eigenvalue weighted by Crippen LogP contribution is 2.38. The first-order valence-corrected chi connectivity index (χ1v) is 10.0. The van der Waals surface area contributed by atoms with Crippen molar-refractivity contribution in [2.24, 2.45) is 5.10 Å². The maximum absolute atomic E-state index is 11.5. The van der Waals surface area contributed by atoms with E-state index < -0.39 is 4.92 Å². The number of aromatic amines is 1. The Kier molecular flexibility index (Phi) is 6.73. The van der Waals surface area contributed by atoms with Gasteiger partial charge < -0.3 is 9.47 Å². The summed E-state index contributed by atoms with van der Waals surface area (Å²) in [5.74, 6) is 1.01. The van der Waals surface area contributed by atoms with Crippen molar-refractivity contribution in [3.63, 3.8) is 0 Å². The Balaban J connectivity index is 1.95. The van der Waals surface area contributed by atoms with Crippen LogP contribution in [0.4, 0.5) is 5.69 Å². The third-order valence-corrected chi connectivity index (χ3v) is 5.02. The van der Waals surface area contributed by atoms with Gasteiger partial charge in [0.25, 0.3) is 0 Å². The van der Waals surface area contributed by atoms with Crippen molar-refractivity contribution in [1.29, 1.82) is 0 Å². The predicted octanol–water partition coefficient (Wildman–Crippen LogP) is 4.18. The minimum absolute atomic E-state index is 0.106. The number of nitrogens with zero attached hydrogens (tertiary/aromatic N) is 4. The van der Waals surface area contributed by atoms with Crippen LogP contribution >= 0.6 is 23.6 Å². The summed E-state index contributed by atoms with van der Waals surface area (Å²) in [6.07, 6.45) is 2.76. The number of thiophene rings is 1. The van der Waals surface area contributed by atoms with E-state index in [0.717, 1.165) is 11.3 Å². The van der Waals surface area contributed by atoms with E-state index in [9.17, 15) is 10.1 Å². The van der Waals surface area contributed by atoms with Crippen LogP contribution < -0.4 is 9.47 Å². The van der Waals surface area contributed by atoms with Crippen LogP contribution in [-0.2, 0) is 6.42 Å². The molecule has 152 valence electrons. The lowest BCUT2D eigenvalue weighted by molar-refractivity contribution is -0.386. The van der Waals surface area contributed by atoms with Crippen molar-refractivity contribution in [2.45, 2.75) is 19.8 Å². The van der Waals surface area contributed by atoms with Gasteiger partial charge in [-0.3, -0.25) is 15.2 Å². The number of H-pyrrole nitrogens is 1. The summed E-state index contributed by atoms with van der Waals surface area (Å²) in [5, 5.41) is 24.8. The number of nitro groups is 1. The van der Waals surface area contributed by atoms with Gasteiger partial charge in [-0.25, -0.2) is 0 Å². The summed E-state index contributed by atoms with van der Waals surface area (Å²) in [6.45, 7) is 2.27. The van der Waals surface area contributed by atoms with Crippen LogP contribution in [0.2, 0.25) is 0 Å². The lowest BCUT2D eigenvalue weighted by atomic mass is 10.2. The fourth-order valence-electron chi connectivity index (χ4n) is 2.57. The topological polar surface area (TPSA) is 108 Å². The second-order valence-corrected chi connectivity index (χ2v) is 7.35. The van der Waals surface area contributed by atoms with Crippen molar-refractivity contribution < 1.29 is 14.4 Å². The first-order chi connectivity index (χ1) is 14.0. The summed E-state index contributed by atoms with van der Waals surface area (Å²) < 4.78 is 12.6. The summed E-state index contributed by atoms with van der Waals surface area (Å²) in [6, 6.07) is 6.98. The number of methoxy groups -OCH3 is 1. The fraction of sp³-hybridized carbons (Fsp3) is 0.278. The van der Waals surface area contributed by atoms with E-state index in [1.807, 2.05) is 24.4 Å². The number of nitrogens with one attached hydrogen (secondary N) is 1.